The first-order valence-corrected chi connectivity index (χ1v) is 6.87. The zero-order valence-electron chi connectivity index (χ0n) is 10.1. The van der Waals surface area contributed by atoms with Crippen LogP contribution in [0.1, 0.15) is 13.3 Å². The van der Waals surface area contributed by atoms with Crippen LogP contribution in [0, 0.1) is 5.92 Å². The molecule has 5 heteroatoms. The van der Waals surface area contributed by atoms with Crippen molar-refractivity contribution in [3.8, 4) is 0 Å². The molecule has 1 N–H and O–H groups in total. The van der Waals surface area contributed by atoms with Gasteiger partial charge in [-0.3, -0.25) is 9.59 Å². The number of fused-ring (bicyclic) bond motifs is 1. The van der Waals surface area contributed by atoms with E-state index >= 15 is 0 Å². The van der Waals surface area contributed by atoms with E-state index in [9.17, 15) is 9.59 Å². The molecule has 1 atom stereocenters. The van der Waals surface area contributed by atoms with Crippen molar-refractivity contribution in [1.29, 1.82) is 0 Å². The largest absolute Gasteiger partial charge is 0.466 e. The number of esters is 1. The molecule has 0 radical (unpaired) electrons. The molecule has 1 aliphatic rings. The minimum atomic E-state index is -0.332. The van der Waals surface area contributed by atoms with E-state index in [2.05, 4.69) is 5.32 Å². The van der Waals surface area contributed by atoms with E-state index in [1.807, 2.05) is 24.3 Å². The molecule has 18 heavy (non-hydrogen) atoms. The lowest BCUT2D eigenvalue weighted by molar-refractivity contribution is -0.145. The Balaban J connectivity index is 2.05. The summed E-state index contributed by atoms with van der Waals surface area (Å²) in [6.07, 6.45) is 0.140. The lowest BCUT2D eigenvalue weighted by Crippen LogP contribution is -2.26. The fraction of sp³-hybridized carbons (Fsp3) is 0.385. The van der Waals surface area contributed by atoms with Gasteiger partial charge in [-0.05, 0) is 19.1 Å². The molecule has 0 aromatic heterocycles. The quantitative estimate of drug-likeness (QED) is 0.852. The number of rotatable bonds is 3. The number of benzene rings is 1. The molecule has 1 aliphatic heterocycles. The topological polar surface area (TPSA) is 55.4 Å². The first-order valence-electron chi connectivity index (χ1n) is 5.89. The highest BCUT2D eigenvalue weighted by atomic mass is 32.2. The number of anilines is 1. The Morgan fingerprint density at radius 2 is 2.28 bits per heavy atom. The fourth-order valence-electron chi connectivity index (χ4n) is 1.77. The average Bonchev–Trinajstić information content (AvgIpc) is 2.50. The first-order chi connectivity index (χ1) is 8.70. The molecule has 4 nitrogen and oxygen atoms in total. The van der Waals surface area contributed by atoms with E-state index in [0.29, 0.717) is 12.4 Å². The van der Waals surface area contributed by atoms with E-state index in [0.717, 1.165) is 10.6 Å². The second kappa shape index (κ2) is 5.91. The Kier molecular flexibility index (Phi) is 4.25. The van der Waals surface area contributed by atoms with Crippen molar-refractivity contribution >= 4 is 29.3 Å². The van der Waals surface area contributed by atoms with Crippen LogP contribution in [0.5, 0.6) is 0 Å². The van der Waals surface area contributed by atoms with Gasteiger partial charge in [0.25, 0.3) is 0 Å². The maximum absolute atomic E-state index is 12.0. The molecular formula is C13H15NO3S. The highest BCUT2D eigenvalue weighted by Gasteiger charge is 2.26. The maximum atomic E-state index is 12.0. The van der Waals surface area contributed by atoms with E-state index in [-0.39, 0.29) is 24.2 Å². The van der Waals surface area contributed by atoms with Crippen LogP contribution < -0.4 is 5.32 Å². The fourth-order valence-corrected chi connectivity index (χ4v) is 2.87. The molecule has 1 aromatic rings. The number of amides is 1. The SMILES string of the molecule is CCOC(=O)C[C@@H]1CSc2ccccc2NC1=O. The number of para-hydroxylation sites is 1. The van der Waals surface area contributed by atoms with Gasteiger partial charge in [0.1, 0.15) is 0 Å². The highest BCUT2D eigenvalue weighted by Crippen LogP contribution is 2.33. The zero-order chi connectivity index (χ0) is 13.0. The molecule has 0 unspecified atom stereocenters. The summed E-state index contributed by atoms with van der Waals surface area (Å²) in [4.78, 5) is 24.5. The van der Waals surface area contributed by atoms with Gasteiger partial charge >= 0.3 is 5.97 Å². The van der Waals surface area contributed by atoms with Gasteiger partial charge in [0.2, 0.25) is 5.91 Å². The van der Waals surface area contributed by atoms with Gasteiger partial charge in [-0.1, -0.05) is 12.1 Å². The van der Waals surface area contributed by atoms with Crippen LogP contribution in [0.2, 0.25) is 0 Å². The Bertz CT molecular complexity index is 461. The monoisotopic (exact) mass is 265 g/mol. The molecule has 0 saturated carbocycles. The third-order valence-electron chi connectivity index (χ3n) is 2.67. The summed E-state index contributed by atoms with van der Waals surface area (Å²) in [5.41, 5.74) is 0.818. The minimum absolute atomic E-state index is 0.111. The van der Waals surface area contributed by atoms with Gasteiger partial charge < -0.3 is 10.1 Å². The lowest BCUT2D eigenvalue weighted by Gasteiger charge is -2.11. The Morgan fingerprint density at radius 1 is 1.50 bits per heavy atom. The van der Waals surface area contributed by atoms with Gasteiger partial charge in [-0.25, -0.2) is 0 Å². The summed E-state index contributed by atoms with van der Waals surface area (Å²) in [6, 6.07) is 7.65. The molecule has 1 heterocycles. The number of hydrogen-bond donors (Lipinski definition) is 1. The maximum Gasteiger partial charge on any atom is 0.306 e. The molecule has 0 aliphatic carbocycles. The van der Waals surface area contributed by atoms with Gasteiger partial charge in [0.15, 0.2) is 0 Å². The van der Waals surface area contributed by atoms with Crippen LogP contribution in [-0.4, -0.2) is 24.2 Å². The van der Waals surface area contributed by atoms with E-state index in [1.165, 1.54) is 0 Å². The van der Waals surface area contributed by atoms with Crippen molar-refractivity contribution in [2.24, 2.45) is 5.92 Å². The molecule has 1 aromatic carbocycles. The van der Waals surface area contributed by atoms with Crippen molar-refractivity contribution in [3.05, 3.63) is 24.3 Å². The van der Waals surface area contributed by atoms with Crippen LogP contribution in [0.25, 0.3) is 0 Å². The molecular weight excluding hydrogens is 250 g/mol. The van der Waals surface area contributed by atoms with Crippen molar-refractivity contribution in [2.45, 2.75) is 18.2 Å². The molecule has 0 fully saturated rings. The summed E-state index contributed by atoms with van der Waals surface area (Å²) < 4.78 is 4.88. The molecule has 0 spiro atoms. The van der Waals surface area contributed by atoms with Gasteiger partial charge in [-0.15, -0.1) is 11.8 Å². The normalized spacial score (nSPS) is 18.5. The molecule has 2 rings (SSSR count). The van der Waals surface area contributed by atoms with Gasteiger partial charge in [0, 0.05) is 10.6 Å². The number of thioether (sulfide) groups is 1. The van der Waals surface area contributed by atoms with E-state index < -0.39 is 0 Å². The van der Waals surface area contributed by atoms with E-state index in [4.69, 9.17) is 4.74 Å². The predicted molar refractivity (Wildman–Crippen MR) is 70.5 cm³/mol. The van der Waals surface area contributed by atoms with Crippen LogP contribution in [-0.2, 0) is 14.3 Å². The summed E-state index contributed by atoms with van der Waals surface area (Å²) in [5.74, 6) is -0.159. The molecule has 0 saturated heterocycles. The van der Waals surface area contributed by atoms with Crippen LogP contribution >= 0.6 is 11.8 Å². The second-order valence-electron chi connectivity index (χ2n) is 4.00. The zero-order valence-corrected chi connectivity index (χ0v) is 11.0. The summed E-state index contributed by atoms with van der Waals surface area (Å²) in [5, 5.41) is 2.85. The van der Waals surface area contributed by atoms with Crippen molar-refractivity contribution in [1.82, 2.24) is 0 Å². The smallest absolute Gasteiger partial charge is 0.306 e. The third-order valence-corrected chi connectivity index (χ3v) is 3.91. The number of carbonyl (C=O) groups excluding carboxylic acids is 2. The number of hydrogen-bond acceptors (Lipinski definition) is 4. The van der Waals surface area contributed by atoms with Gasteiger partial charge in [-0.2, -0.15) is 0 Å². The Labute approximate surface area is 110 Å². The van der Waals surface area contributed by atoms with Crippen molar-refractivity contribution in [3.63, 3.8) is 0 Å². The lowest BCUT2D eigenvalue weighted by atomic mass is 10.1. The first kappa shape index (κ1) is 13.0. The molecule has 1 amide bonds. The number of carbonyl (C=O) groups is 2. The number of nitrogens with one attached hydrogen (secondary N) is 1. The Morgan fingerprint density at radius 3 is 3.06 bits per heavy atom. The van der Waals surface area contributed by atoms with Crippen LogP contribution in [0.4, 0.5) is 5.69 Å². The molecule has 0 bridgehead atoms. The summed E-state index contributed by atoms with van der Waals surface area (Å²) >= 11 is 1.59. The third kappa shape index (κ3) is 3.04. The van der Waals surface area contributed by atoms with Crippen molar-refractivity contribution in [2.75, 3.05) is 17.7 Å². The second-order valence-corrected chi connectivity index (χ2v) is 5.06. The van der Waals surface area contributed by atoms with E-state index in [1.54, 1.807) is 18.7 Å². The van der Waals surface area contributed by atoms with Crippen LogP contribution in [0.15, 0.2) is 29.2 Å². The highest BCUT2D eigenvalue weighted by molar-refractivity contribution is 7.99. The summed E-state index contributed by atoms with van der Waals surface area (Å²) in [7, 11) is 0. The average molecular weight is 265 g/mol. The summed E-state index contributed by atoms with van der Waals surface area (Å²) in [6.45, 7) is 2.11. The number of ether oxygens (including phenoxy) is 1. The standard InChI is InChI=1S/C13H15NO3S/c1-2-17-12(15)7-9-8-18-11-6-4-3-5-10(11)14-13(9)16/h3-6,9H,2,7-8H2,1H3,(H,14,16)/t9-/m1/s1. The Hall–Kier alpha value is -1.49. The minimum Gasteiger partial charge on any atom is -0.466 e. The van der Waals surface area contributed by atoms with Crippen LogP contribution in [0.3, 0.4) is 0 Å². The van der Waals surface area contributed by atoms with Crippen molar-refractivity contribution < 1.29 is 14.3 Å². The molecule has 96 valence electrons. The predicted octanol–water partition coefficient (Wildman–Crippen LogP) is 2.30. The van der Waals surface area contributed by atoms with Gasteiger partial charge in [0.05, 0.1) is 24.6 Å².